The molecule has 1 N–H and O–H groups in total. The first-order valence-corrected chi connectivity index (χ1v) is 8.60. The van der Waals surface area contributed by atoms with E-state index in [0.29, 0.717) is 36.3 Å². The Morgan fingerprint density at radius 2 is 1.72 bits per heavy atom. The molecular formula is C21H23NO3. The molecule has 4 heteroatoms. The highest BCUT2D eigenvalue weighted by atomic mass is 16.5. The van der Waals surface area contributed by atoms with Crippen molar-refractivity contribution in [3.05, 3.63) is 65.7 Å². The Bertz CT molecular complexity index is 768. The molecule has 3 rings (SSSR count). The zero-order chi connectivity index (χ0) is 17.9. The Balaban J connectivity index is 1.79. The van der Waals surface area contributed by atoms with Gasteiger partial charge in [0.25, 0.3) is 0 Å². The van der Waals surface area contributed by atoms with Crippen LogP contribution in [0, 0.1) is 5.92 Å². The third-order valence-corrected chi connectivity index (χ3v) is 4.53. The molecule has 1 fully saturated rings. The summed E-state index contributed by atoms with van der Waals surface area (Å²) in [4.78, 5) is 25.4. The number of carbonyl (C=O) groups is 2. The van der Waals surface area contributed by atoms with E-state index in [4.69, 9.17) is 4.74 Å². The number of benzene rings is 2. The molecule has 0 bridgehead atoms. The molecule has 25 heavy (non-hydrogen) atoms. The van der Waals surface area contributed by atoms with Crippen LogP contribution in [0.3, 0.4) is 0 Å². The molecule has 1 aliphatic rings. The third-order valence-electron chi connectivity index (χ3n) is 4.53. The van der Waals surface area contributed by atoms with Crippen molar-refractivity contribution in [3.8, 4) is 0 Å². The molecule has 0 unspecified atom stereocenters. The highest BCUT2D eigenvalue weighted by Gasteiger charge is 2.33. The maximum absolute atomic E-state index is 12.8. The minimum Gasteiger partial charge on any atom is -0.376 e. The smallest absolute Gasteiger partial charge is 0.227 e. The summed E-state index contributed by atoms with van der Waals surface area (Å²) in [7, 11) is 0. The Hall–Kier alpha value is -2.46. The molecule has 0 spiro atoms. The summed E-state index contributed by atoms with van der Waals surface area (Å²) in [5, 5.41) is 2.95. The van der Waals surface area contributed by atoms with Gasteiger partial charge in [-0.1, -0.05) is 42.5 Å². The molecule has 2 aromatic carbocycles. The van der Waals surface area contributed by atoms with E-state index in [1.807, 2.05) is 44.2 Å². The van der Waals surface area contributed by atoms with Crippen LogP contribution < -0.4 is 5.32 Å². The van der Waals surface area contributed by atoms with Gasteiger partial charge < -0.3 is 10.1 Å². The zero-order valence-electron chi connectivity index (χ0n) is 14.6. The lowest BCUT2D eigenvalue weighted by Gasteiger charge is -2.34. The van der Waals surface area contributed by atoms with Gasteiger partial charge in [0.05, 0.1) is 11.3 Å². The maximum Gasteiger partial charge on any atom is 0.227 e. The van der Waals surface area contributed by atoms with Gasteiger partial charge >= 0.3 is 0 Å². The number of ether oxygens (including phenoxy) is 1. The predicted octanol–water partition coefficient (Wildman–Crippen LogP) is 4.06. The first-order valence-electron chi connectivity index (χ1n) is 8.60. The van der Waals surface area contributed by atoms with Gasteiger partial charge in [0.2, 0.25) is 5.91 Å². The second-order valence-corrected chi connectivity index (χ2v) is 7.03. The van der Waals surface area contributed by atoms with Crippen LogP contribution in [0.4, 0.5) is 5.69 Å². The monoisotopic (exact) mass is 337 g/mol. The molecule has 0 radical (unpaired) electrons. The second kappa shape index (κ2) is 7.19. The summed E-state index contributed by atoms with van der Waals surface area (Å²) in [6.45, 7) is 4.58. The molecular weight excluding hydrogens is 314 g/mol. The first kappa shape index (κ1) is 17.4. The average molecular weight is 337 g/mol. The minimum absolute atomic E-state index is 0.0512. The fraction of sp³-hybridized carbons (Fsp3) is 0.333. The van der Waals surface area contributed by atoms with E-state index in [1.165, 1.54) is 0 Å². The predicted molar refractivity (Wildman–Crippen MR) is 97.7 cm³/mol. The number of para-hydroxylation sites is 1. The van der Waals surface area contributed by atoms with Crippen LogP contribution in [0.25, 0.3) is 0 Å². The molecule has 1 amide bonds. The van der Waals surface area contributed by atoms with E-state index < -0.39 is 0 Å². The lowest BCUT2D eigenvalue weighted by Crippen LogP contribution is -2.39. The number of amides is 1. The Morgan fingerprint density at radius 1 is 1.04 bits per heavy atom. The van der Waals surface area contributed by atoms with Crippen LogP contribution in [0.1, 0.15) is 42.6 Å². The standard InChI is InChI=1S/C21H23NO3/c1-21(2)14-16(12-13-25-21)20(24)22-18-11-7-6-10-17(18)19(23)15-8-4-3-5-9-15/h3-11,16H,12-14H2,1-2H3,(H,22,24)/t16-/m1/s1. The summed E-state index contributed by atoms with van der Waals surface area (Å²) in [6.07, 6.45) is 1.37. The fourth-order valence-electron chi connectivity index (χ4n) is 3.23. The number of rotatable bonds is 4. The average Bonchev–Trinajstić information content (AvgIpc) is 2.61. The Kier molecular flexibility index (Phi) is 5.00. The molecule has 1 saturated heterocycles. The van der Waals surface area contributed by atoms with Gasteiger partial charge in [-0.25, -0.2) is 0 Å². The number of nitrogens with one attached hydrogen (secondary N) is 1. The summed E-state index contributed by atoms with van der Waals surface area (Å²) in [5.74, 6) is -0.253. The number of carbonyl (C=O) groups excluding carboxylic acids is 2. The molecule has 4 nitrogen and oxygen atoms in total. The topological polar surface area (TPSA) is 55.4 Å². The molecule has 2 aromatic rings. The van der Waals surface area contributed by atoms with Crippen LogP contribution in [0.15, 0.2) is 54.6 Å². The Morgan fingerprint density at radius 3 is 2.44 bits per heavy atom. The number of ketones is 1. The van der Waals surface area contributed by atoms with Crippen LogP contribution >= 0.6 is 0 Å². The van der Waals surface area contributed by atoms with Gasteiger partial charge in [0, 0.05) is 23.7 Å². The van der Waals surface area contributed by atoms with E-state index in [9.17, 15) is 9.59 Å². The molecule has 0 aromatic heterocycles. The van der Waals surface area contributed by atoms with Crippen LogP contribution in [-0.2, 0) is 9.53 Å². The van der Waals surface area contributed by atoms with E-state index in [0.717, 1.165) is 0 Å². The van der Waals surface area contributed by atoms with Crippen molar-refractivity contribution in [3.63, 3.8) is 0 Å². The van der Waals surface area contributed by atoms with E-state index in [2.05, 4.69) is 5.32 Å². The fourth-order valence-corrected chi connectivity index (χ4v) is 3.23. The van der Waals surface area contributed by atoms with E-state index in [1.54, 1.807) is 24.3 Å². The van der Waals surface area contributed by atoms with Crippen molar-refractivity contribution in [2.45, 2.75) is 32.3 Å². The third kappa shape index (κ3) is 4.15. The largest absolute Gasteiger partial charge is 0.376 e. The highest BCUT2D eigenvalue weighted by Crippen LogP contribution is 2.30. The maximum atomic E-state index is 12.8. The molecule has 1 heterocycles. The summed E-state index contributed by atoms with van der Waals surface area (Å²) < 4.78 is 5.68. The summed E-state index contributed by atoms with van der Waals surface area (Å²) in [6, 6.07) is 16.3. The van der Waals surface area contributed by atoms with Crippen molar-refractivity contribution >= 4 is 17.4 Å². The van der Waals surface area contributed by atoms with Crippen molar-refractivity contribution in [1.29, 1.82) is 0 Å². The number of anilines is 1. The molecule has 0 aliphatic carbocycles. The van der Waals surface area contributed by atoms with E-state index >= 15 is 0 Å². The lowest BCUT2D eigenvalue weighted by atomic mass is 9.87. The van der Waals surface area contributed by atoms with Crippen LogP contribution in [0.5, 0.6) is 0 Å². The number of hydrogen-bond donors (Lipinski definition) is 1. The highest BCUT2D eigenvalue weighted by molar-refractivity contribution is 6.13. The second-order valence-electron chi connectivity index (χ2n) is 7.03. The van der Waals surface area contributed by atoms with Crippen molar-refractivity contribution in [1.82, 2.24) is 0 Å². The van der Waals surface area contributed by atoms with Crippen molar-refractivity contribution in [2.75, 3.05) is 11.9 Å². The van der Waals surface area contributed by atoms with Gasteiger partial charge in [-0.05, 0) is 38.8 Å². The molecule has 130 valence electrons. The summed E-state index contributed by atoms with van der Waals surface area (Å²) in [5.41, 5.74) is 1.38. The summed E-state index contributed by atoms with van der Waals surface area (Å²) >= 11 is 0. The molecule has 1 atom stereocenters. The van der Waals surface area contributed by atoms with Crippen molar-refractivity contribution in [2.24, 2.45) is 5.92 Å². The SMILES string of the molecule is CC1(C)C[C@H](C(=O)Nc2ccccc2C(=O)c2ccccc2)CCO1. The number of hydrogen-bond acceptors (Lipinski definition) is 3. The Labute approximate surface area is 148 Å². The molecule has 1 aliphatic heterocycles. The van der Waals surface area contributed by atoms with E-state index in [-0.39, 0.29) is 23.2 Å². The van der Waals surface area contributed by atoms with Gasteiger partial charge in [0.15, 0.2) is 5.78 Å². The van der Waals surface area contributed by atoms with Crippen molar-refractivity contribution < 1.29 is 14.3 Å². The first-order chi connectivity index (χ1) is 12.0. The van der Waals surface area contributed by atoms with Gasteiger partial charge in [-0.3, -0.25) is 9.59 Å². The van der Waals surface area contributed by atoms with Crippen LogP contribution in [0.2, 0.25) is 0 Å². The lowest BCUT2D eigenvalue weighted by molar-refractivity contribution is -0.130. The quantitative estimate of drug-likeness (QED) is 0.856. The zero-order valence-corrected chi connectivity index (χ0v) is 14.6. The van der Waals surface area contributed by atoms with Gasteiger partial charge in [0.1, 0.15) is 0 Å². The van der Waals surface area contributed by atoms with Gasteiger partial charge in [-0.2, -0.15) is 0 Å². The normalized spacial score (nSPS) is 19.2. The molecule has 0 saturated carbocycles. The van der Waals surface area contributed by atoms with Gasteiger partial charge in [-0.15, -0.1) is 0 Å². The van der Waals surface area contributed by atoms with Crippen LogP contribution in [-0.4, -0.2) is 23.9 Å². The minimum atomic E-state index is -0.292.